The van der Waals surface area contributed by atoms with Gasteiger partial charge in [-0.25, -0.2) is 0 Å². The van der Waals surface area contributed by atoms with E-state index in [1.807, 2.05) is 13.8 Å². The maximum atomic E-state index is 12.5. The summed E-state index contributed by atoms with van der Waals surface area (Å²) in [5.74, 6) is -0.0556. The van der Waals surface area contributed by atoms with E-state index < -0.39 is 16.2 Å². The number of carbonyl (C=O) groups excluding carboxylic acids is 2. The van der Waals surface area contributed by atoms with Crippen molar-refractivity contribution < 1.29 is 19.2 Å². The fourth-order valence-corrected chi connectivity index (χ4v) is 2.83. The largest absolute Gasteiger partial charge is 0.490 e. The standard InChI is InChI=1S/C19H19N3O5/c1-19(2)11-27-16-10-13(7-8-15(16)21(3)18(19)24)20-17(23)12-5-4-6-14(9-12)22(25)26/h4-10H,11H2,1-3H3,(H,20,23). The topological polar surface area (TPSA) is 102 Å². The number of carbonyl (C=O) groups is 2. The zero-order chi connectivity index (χ0) is 19.8. The zero-order valence-electron chi connectivity index (χ0n) is 15.2. The second kappa shape index (κ2) is 6.71. The van der Waals surface area contributed by atoms with Gasteiger partial charge < -0.3 is 15.0 Å². The molecule has 0 aliphatic carbocycles. The van der Waals surface area contributed by atoms with Gasteiger partial charge in [0.2, 0.25) is 5.91 Å². The van der Waals surface area contributed by atoms with E-state index in [-0.39, 0.29) is 23.8 Å². The third-order valence-electron chi connectivity index (χ3n) is 4.37. The van der Waals surface area contributed by atoms with E-state index in [9.17, 15) is 19.7 Å². The maximum absolute atomic E-state index is 12.5. The molecule has 1 aliphatic rings. The van der Waals surface area contributed by atoms with Crippen LogP contribution in [-0.4, -0.2) is 30.4 Å². The van der Waals surface area contributed by atoms with Crippen molar-refractivity contribution >= 4 is 28.9 Å². The Morgan fingerprint density at radius 3 is 2.70 bits per heavy atom. The molecule has 0 spiro atoms. The number of non-ortho nitro benzene ring substituents is 1. The van der Waals surface area contributed by atoms with Crippen LogP contribution >= 0.6 is 0 Å². The number of nitrogens with zero attached hydrogens (tertiary/aromatic N) is 2. The van der Waals surface area contributed by atoms with Gasteiger partial charge in [0.25, 0.3) is 11.6 Å². The van der Waals surface area contributed by atoms with Crippen LogP contribution in [0.5, 0.6) is 5.75 Å². The molecule has 0 aromatic heterocycles. The first-order valence-corrected chi connectivity index (χ1v) is 8.30. The van der Waals surface area contributed by atoms with E-state index in [4.69, 9.17) is 4.74 Å². The van der Waals surface area contributed by atoms with Crippen LogP contribution in [0, 0.1) is 15.5 Å². The number of benzene rings is 2. The summed E-state index contributed by atoms with van der Waals surface area (Å²) in [5.41, 5.74) is 0.425. The summed E-state index contributed by atoms with van der Waals surface area (Å²) in [5, 5.41) is 13.6. The molecule has 0 fully saturated rings. The second-order valence-corrected chi connectivity index (χ2v) is 6.98. The summed E-state index contributed by atoms with van der Waals surface area (Å²) in [6, 6.07) is 10.5. The fraction of sp³-hybridized carbons (Fsp3) is 0.263. The SMILES string of the molecule is CN1C(=O)C(C)(C)COc2cc(NC(=O)c3cccc([N+](=O)[O-])c3)ccc21. The summed E-state index contributed by atoms with van der Waals surface area (Å²) in [7, 11) is 1.68. The number of nitro benzene ring substituents is 1. The molecule has 1 aliphatic heterocycles. The summed E-state index contributed by atoms with van der Waals surface area (Å²) >= 11 is 0. The Hall–Kier alpha value is -3.42. The van der Waals surface area contributed by atoms with E-state index in [1.165, 1.54) is 29.2 Å². The first-order valence-electron chi connectivity index (χ1n) is 8.30. The minimum absolute atomic E-state index is 0.0605. The highest BCUT2D eigenvalue weighted by molar-refractivity contribution is 6.05. The number of hydrogen-bond acceptors (Lipinski definition) is 5. The minimum Gasteiger partial charge on any atom is -0.490 e. The molecule has 0 bridgehead atoms. The van der Waals surface area contributed by atoms with Crippen LogP contribution in [0.15, 0.2) is 42.5 Å². The maximum Gasteiger partial charge on any atom is 0.270 e. The van der Waals surface area contributed by atoms with Gasteiger partial charge in [0.1, 0.15) is 12.4 Å². The highest BCUT2D eigenvalue weighted by atomic mass is 16.6. The average Bonchev–Trinajstić information content (AvgIpc) is 2.72. The molecule has 0 atom stereocenters. The van der Waals surface area contributed by atoms with Gasteiger partial charge in [-0.3, -0.25) is 19.7 Å². The number of hydrogen-bond donors (Lipinski definition) is 1. The van der Waals surface area contributed by atoms with E-state index in [1.54, 1.807) is 25.2 Å². The molecular weight excluding hydrogens is 350 g/mol. The van der Waals surface area contributed by atoms with E-state index in [0.29, 0.717) is 17.1 Å². The van der Waals surface area contributed by atoms with Crippen molar-refractivity contribution in [3.63, 3.8) is 0 Å². The molecule has 1 N–H and O–H groups in total. The Morgan fingerprint density at radius 2 is 2.00 bits per heavy atom. The zero-order valence-corrected chi connectivity index (χ0v) is 15.2. The molecule has 27 heavy (non-hydrogen) atoms. The molecule has 2 aromatic carbocycles. The molecule has 0 saturated heterocycles. The van der Waals surface area contributed by atoms with Crippen LogP contribution in [0.25, 0.3) is 0 Å². The summed E-state index contributed by atoms with van der Waals surface area (Å²) in [4.78, 5) is 36.7. The first-order chi connectivity index (χ1) is 12.7. The lowest BCUT2D eigenvalue weighted by Gasteiger charge is -2.24. The fourth-order valence-electron chi connectivity index (χ4n) is 2.83. The molecule has 8 heteroatoms. The molecule has 1 heterocycles. The highest BCUT2D eigenvalue weighted by Gasteiger charge is 2.36. The van der Waals surface area contributed by atoms with Crippen molar-refractivity contribution in [3.05, 3.63) is 58.1 Å². The molecule has 0 unspecified atom stereocenters. The number of fused-ring (bicyclic) bond motifs is 1. The molecule has 140 valence electrons. The molecule has 2 amide bonds. The monoisotopic (exact) mass is 369 g/mol. The second-order valence-electron chi connectivity index (χ2n) is 6.98. The van der Waals surface area contributed by atoms with Crippen molar-refractivity contribution in [1.82, 2.24) is 0 Å². The van der Waals surface area contributed by atoms with Crippen LogP contribution in [0.4, 0.5) is 17.1 Å². The summed E-state index contributed by atoms with van der Waals surface area (Å²) < 4.78 is 5.78. The Kier molecular flexibility index (Phi) is 4.57. The van der Waals surface area contributed by atoms with Crippen molar-refractivity contribution in [2.24, 2.45) is 5.41 Å². The Morgan fingerprint density at radius 1 is 1.26 bits per heavy atom. The van der Waals surface area contributed by atoms with Gasteiger partial charge in [-0.1, -0.05) is 6.07 Å². The number of nitrogens with one attached hydrogen (secondary N) is 1. The normalized spacial score (nSPS) is 15.4. The molecule has 0 saturated carbocycles. The third-order valence-corrected chi connectivity index (χ3v) is 4.37. The predicted octanol–water partition coefficient (Wildman–Crippen LogP) is 3.23. The van der Waals surface area contributed by atoms with Crippen LogP contribution in [-0.2, 0) is 4.79 Å². The highest BCUT2D eigenvalue weighted by Crippen LogP contribution is 2.37. The number of rotatable bonds is 3. The quantitative estimate of drug-likeness (QED) is 0.661. The van der Waals surface area contributed by atoms with Crippen LogP contribution in [0.3, 0.4) is 0 Å². The average molecular weight is 369 g/mol. The van der Waals surface area contributed by atoms with Crippen molar-refractivity contribution in [2.75, 3.05) is 23.9 Å². The van der Waals surface area contributed by atoms with Crippen LogP contribution < -0.4 is 15.0 Å². The Bertz CT molecular complexity index is 939. The number of ether oxygens (including phenoxy) is 1. The third kappa shape index (κ3) is 3.59. The lowest BCUT2D eigenvalue weighted by molar-refractivity contribution is -0.384. The van der Waals surface area contributed by atoms with Crippen molar-refractivity contribution in [3.8, 4) is 5.75 Å². The van der Waals surface area contributed by atoms with Gasteiger partial charge in [-0.15, -0.1) is 0 Å². The summed E-state index contributed by atoms with van der Waals surface area (Å²) in [6.45, 7) is 3.83. The van der Waals surface area contributed by atoms with Crippen molar-refractivity contribution in [2.45, 2.75) is 13.8 Å². The van der Waals surface area contributed by atoms with Gasteiger partial charge in [0.05, 0.1) is 16.0 Å². The van der Waals surface area contributed by atoms with Crippen LogP contribution in [0.1, 0.15) is 24.2 Å². The molecule has 3 rings (SSSR count). The van der Waals surface area contributed by atoms with Gasteiger partial charge >= 0.3 is 0 Å². The smallest absolute Gasteiger partial charge is 0.270 e. The van der Waals surface area contributed by atoms with Gasteiger partial charge in [0.15, 0.2) is 0 Å². The predicted molar refractivity (Wildman–Crippen MR) is 100 cm³/mol. The number of anilines is 2. The van der Waals surface area contributed by atoms with E-state index >= 15 is 0 Å². The number of amides is 2. The molecule has 0 radical (unpaired) electrons. The molecule has 2 aromatic rings. The molecular formula is C19H19N3O5. The number of nitro groups is 1. The van der Waals surface area contributed by atoms with Crippen LogP contribution in [0.2, 0.25) is 0 Å². The van der Waals surface area contributed by atoms with Gasteiger partial charge in [-0.05, 0) is 32.0 Å². The Balaban J connectivity index is 1.85. The van der Waals surface area contributed by atoms with E-state index in [2.05, 4.69) is 5.32 Å². The Labute approximate surface area is 155 Å². The van der Waals surface area contributed by atoms with Crippen molar-refractivity contribution in [1.29, 1.82) is 0 Å². The van der Waals surface area contributed by atoms with Gasteiger partial charge in [-0.2, -0.15) is 0 Å². The first kappa shape index (κ1) is 18.4. The lowest BCUT2D eigenvalue weighted by atomic mass is 9.93. The van der Waals surface area contributed by atoms with Gasteiger partial charge in [0, 0.05) is 36.5 Å². The molecule has 8 nitrogen and oxygen atoms in total. The summed E-state index contributed by atoms with van der Waals surface area (Å²) in [6.07, 6.45) is 0. The lowest BCUT2D eigenvalue weighted by Crippen LogP contribution is -2.39. The minimum atomic E-state index is -0.667. The van der Waals surface area contributed by atoms with E-state index in [0.717, 1.165) is 0 Å².